The van der Waals surface area contributed by atoms with Crippen molar-refractivity contribution in [1.29, 1.82) is 0 Å². The number of hydrogen-bond donors (Lipinski definition) is 0. The number of hydrogen-bond acceptors (Lipinski definition) is 6. The Kier molecular flexibility index (Phi) is 7.50. The van der Waals surface area contributed by atoms with Crippen molar-refractivity contribution in [1.82, 2.24) is 19.7 Å². The summed E-state index contributed by atoms with van der Waals surface area (Å²) < 4.78 is 68.2. The lowest BCUT2D eigenvalue weighted by atomic mass is 10.0. The first-order valence-corrected chi connectivity index (χ1v) is 12.7. The highest BCUT2D eigenvalue weighted by atomic mass is 35.5. The van der Waals surface area contributed by atoms with E-state index in [9.17, 15) is 13.2 Å². The van der Waals surface area contributed by atoms with E-state index in [1.807, 2.05) is 0 Å². The lowest BCUT2D eigenvalue weighted by Crippen LogP contribution is -2.55. The molecule has 0 amide bonds. The number of nitrogens with zero attached hydrogens (tertiary/aromatic N) is 5. The molecule has 37 heavy (non-hydrogen) atoms. The van der Waals surface area contributed by atoms with Gasteiger partial charge in [-0.2, -0.15) is 18.3 Å². The largest absolute Gasteiger partial charge is 0.416 e. The summed E-state index contributed by atoms with van der Waals surface area (Å²) in [6.45, 7) is 3.11. The van der Waals surface area contributed by atoms with Gasteiger partial charge in [-0.1, -0.05) is 17.7 Å². The van der Waals surface area contributed by atoms with Gasteiger partial charge in [-0.25, -0.2) is 9.07 Å². The Morgan fingerprint density at radius 2 is 2.08 bits per heavy atom. The quantitative estimate of drug-likeness (QED) is 0.468. The molecule has 0 spiro atoms. The third-order valence-electron chi connectivity index (χ3n) is 7.41. The van der Waals surface area contributed by atoms with E-state index in [0.717, 1.165) is 6.54 Å². The van der Waals surface area contributed by atoms with Crippen molar-refractivity contribution in [3.8, 4) is 0 Å². The normalized spacial score (nSPS) is 22.6. The fourth-order valence-corrected chi connectivity index (χ4v) is 5.55. The van der Waals surface area contributed by atoms with E-state index in [4.69, 9.17) is 21.1 Å². The smallest absolute Gasteiger partial charge is 0.383 e. The van der Waals surface area contributed by atoms with E-state index in [2.05, 4.69) is 15.0 Å². The molecule has 3 aliphatic rings. The second-order valence-corrected chi connectivity index (χ2v) is 10.2. The van der Waals surface area contributed by atoms with E-state index in [0.29, 0.717) is 67.1 Å². The zero-order valence-electron chi connectivity index (χ0n) is 20.8. The lowest BCUT2D eigenvalue weighted by molar-refractivity contribution is -0.0847. The highest BCUT2D eigenvalue weighted by Gasteiger charge is 2.41. The first kappa shape index (κ1) is 26.4. The second-order valence-electron chi connectivity index (χ2n) is 9.83. The van der Waals surface area contributed by atoms with Crippen molar-refractivity contribution in [2.75, 3.05) is 58.5 Å². The van der Waals surface area contributed by atoms with Gasteiger partial charge in [-0.05, 0) is 12.5 Å². The fourth-order valence-electron chi connectivity index (χ4n) is 5.26. The second kappa shape index (κ2) is 10.5. The maximum absolute atomic E-state index is 15.1. The number of pyridine rings is 1. The molecule has 4 heterocycles. The summed E-state index contributed by atoms with van der Waals surface area (Å²) in [6.07, 6.45) is -1.85. The van der Waals surface area contributed by atoms with E-state index < -0.39 is 24.0 Å². The van der Waals surface area contributed by atoms with Crippen LogP contribution in [0.2, 0.25) is 5.15 Å². The van der Waals surface area contributed by atoms with Crippen LogP contribution >= 0.6 is 11.6 Å². The Balaban J connectivity index is 1.38. The number of allylic oxidation sites excluding steroid dienone is 2. The van der Waals surface area contributed by atoms with Crippen LogP contribution in [0.15, 0.2) is 18.3 Å². The number of ether oxygens (including phenoxy) is 2. The minimum absolute atomic E-state index is 0.101. The summed E-state index contributed by atoms with van der Waals surface area (Å²) in [5.74, 6) is 0. The van der Waals surface area contributed by atoms with Gasteiger partial charge in [0.1, 0.15) is 11.3 Å². The molecule has 0 bridgehead atoms. The van der Waals surface area contributed by atoms with Crippen LogP contribution in [0.5, 0.6) is 0 Å². The molecule has 5 rings (SSSR count). The monoisotopic (exact) mass is 543 g/mol. The van der Waals surface area contributed by atoms with Gasteiger partial charge >= 0.3 is 6.18 Å². The zero-order valence-corrected chi connectivity index (χ0v) is 21.5. The van der Waals surface area contributed by atoms with Crippen molar-refractivity contribution in [3.63, 3.8) is 0 Å². The molecule has 0 saturated carbocycles. The molecular weight excluding hydrogens is 514 g/mol. The third-order valence-corrected chi connectivity index (χ3v) is 7.82. The van der Waals surface area contributed by atoms with Crippen molar-refractivity contribution in [2.45, 2.75) is 43.7 Å². The zero-order chi connectivity index (χ0) is 26.3. The predicted octanol–water partition coefficient (Wildman–Crippen LogP) is 4.09. The Bertz CT molecular complexity index is 1170. The summed E-state index contributed by atoms with van der Waals surface area (Å²) >= 11 is 6.67. The Morgan fingerprint density at radius 1 is 1.30 bits per heavy atom. The number of anilines is 1. The Labute approximate surface area is 218 Å². The third kappa shape index (κ3) is 5.23. The number of piperidine rings is 1. The van der Waals surface area contributed by atoms with Crippen molar-refractivity contribution >= 4 is 22.9 Å². The highest BCUT2D eigenvalue weighted by molar-refractivity contribution is 6.30. The van der Waals surface area contributed by atoms with Gasteiger partial charge in [-0.15, -0.1) is 0 Å². The van der Waals surface area contributed by atoms with Crippen molar-refractivity contribution in [2.24, 2.45) is 0 Å². The Hall–Kier alpha value is -2.21. The van der Waals surface area contributed by atoms with Crippen LogP contribution in [0.4, 0.5) is 23.2 Å². The molecule has 2 fully saturated rings. The van der Waals surface area contributed by atoms with Gasteiger partial charge in [0.25, 0.3) is 0 Å². The van der Waals surface area contributed by atoms with Crippen LogP contribution in [0.1, 0.15) is 35.0 Å². The first-order chi connectivity index (χ1) is 17.7. The van der Waals surface area contributed by atoms with E-state index in [1.165, 1.54) is 6.08 Å². The van der Waals surface area contributed by atoms with Gasteiger partial charge < -0.3 is 14.4 Å². The van der Waals surface area contributed by atoms with Crippen LogP contribution < -0.4 is 4.90 Å². The molecule has 0 unspecified atom stereocenters. The van der Waals surface area contributed by atoms with Crippen LogP contribution in [-0.2, 0) is 22.3 Å². The van der Waals surface area contributed by atoms with Gasteiger partial charge in [-0.3, -0.25) is 9.88 Å². The molecule has 1 aliphatic carbocycles. The maximum Gasteiger partial charge on any atom is 0.416 e. The number of rotatable bonds is 8. The predicted molar refractivity (Wildman–Crippen MR) is 132 cm³/mol. The number of alkyl halides is 4. The highest BCUT2D eigenvalue weighted by Crippen LogP contribution is 2.44. The SMILES string of the molecule is COCCN(C)c1cc(Cc2cnn([C@H]3CCN(C4COC4)C[C@@H]3F)c2Cl)nc2c1C(C(F)(F)F)=CC2. The van der Waals surface area contributed by atoms with Crippen LogP contribution in [0.3, 0.4) is 0 Å². The van der Waals surface area contributed by atoms with Crippen LogP contribution in [0, 0.1) is 0 Å². The minimum Gasteiger partial charge on any atom is -0.383 e. The molecule has 2 aliphatic heterocycles. The molecule has 2 atom stereocenters. The molecule has 2 aromatic heterocycles. The molecule has 2 aromatic rings. The minimum atomic E-state index is -4.47. The van der Waals surface area contributed by atoms with E-state index >= 15 is 4.39 Å². The lowest BCUT2D eigenvalue weighted by Gasteiger charge is -2.42. The average molecular weight is 544 g/mol. The summed E-state index contributed by atoms with van der Waals surface area (Å²) in [5, 5.41) is 4.72. The van der Waals surface area contributed by atoms with Gasteiger partial charge in [0.15, 0.2) is 0 Å². The fraction of sp³-hybridized carbons (Fsp3) is 0.600. The number of methoxy groups -OCH3 is 1. The van der Waals surface area contributed by atoms with Crippen LogP contribution in [-0.4, -0.2) is 91.7 Å². The molecule has 0 radical (unpaired) electrons. The molecular formula is C25H30ClF4N5O2. The number of halogens is 5. The van der Waals surface area contributed by atoms with Crippen molar-refractivity contribution < 1.29 is 27.0 Å². The number of likely N-dealkylation sites (tertiary alicyclic amines) is 1. The maximum atomic E-state index is 15.1. The van der Waals surface area contributed by atoms with Crippen LogP contribution in [0.25, 0.3) is 5.57 Å². The summed E-state index contributed by atoms with van der Waals surface area (Å²) in [5.41, 5.74) is 1.50. The molecule has 0 N–H and O–H groups in total. The van der Waals surface area contributed by atoms with E-state index in [-0.39, 0.29) is 24.4 Å². The van der Waals surface area contributed by atoms with Gasteiger partial charge in [0.05, 0.1) is 49.4 Å². The first-order valence-electron chi connectivity index (χ1n) is 12.4. The topological polar surface area (TPSA) is 55.7 Å². The number of aromatic nitrogens is 3. The molecule has 2 saturated heterocycles. The molecule has 12 heteroatoms. The average Bonchev–Trinajstić information content (AvgIpc) is 3.40. The molecule has 7 nitrogen and oxygen atoms in total. The number of fused-ring (bicyclic) bond motifs is 1. The Morgan fingerprint density at radius 3 is 2.73 bits per heavy atom. The van der Waals surface area contributed by atoms with Gasteiger partial charge in [0, 0.05) is 69.1 Å². The summed E-state index contributed by atoms with van der Waals surface area (Å²) in [7, 11) is 3.28. The number of likely N-dealkylation sites (N-methyl/N-ethyl adjacent to an activating group) is 1. The standard InChI is InChI=1S/C25H30ClF4N5O2/c1-33(7-8-36-2)22-10-16(32-20-4-3-18(23(20)22)25(28,29)30)9-15-11-31-35(24(15)26)21-5-6-34(12-19(21)27)17-13-37-14-17/h3,10-11,17,19,21H,4-9,12-14H2,1-2H3/t19-,21-/m0/s1. The van der Waals surface area contributed by atoms with Gasteiger partial charge in [0.2, 0.25) is 0 Å². The molecule has 202 valence electrons. The van der Waals surface area contributed by atoms with E-state index in [1.54, 1.807) is 36.0 Å². The molecule has 0 aromatic carbocycles. The summed E-state index contributed by atoms with van der Waals surface area (Å²) in [6, 6.07) is 1.47. The summed E-state index contributed by atoms with van der Waals surface area (Å²) in [4.78, 5) is 8.42. The van der Waals surface area contributed by atoms with Crippen molar-refractivity contribution in [3.05, 3.63) is 46.0 Å².